The molecule has 0 atom stereocenters. The molecular weight excluding hydrogens is 254 g/mol. The zero-order valence-electron chi connectivity index (χ0n) is 11.6. The van der Waals surface area contributed by atoms with Gasteiger partial charge in [0.25, 0.3) is 0 Å². The van der Waals surface area contributed by atoms with Gasteiger partial charge in [-0.2, -0.15) is 11.8 Å². The number of benzene rings is 1. The maximum atomic E-state index is 5.03. The number of hydrogen-bond acceptors (Lipinski definition) is 3. The zero-order valence-corrected chi connectivity index (χ0v) is 12.4. The SMILES string of the molecule is Cc1cc(C)cc(CSCCNCc2ccoc2)c1. The maximum Gasteiger partial charge on any atom is 0.0947 e. The molecule has 3 heteroatoms. The molecule has 19 heavy (non-hydrogen) atoms. The fourth-order valence-corrected chi connectivity index (χ4v) is 2.95. The molecule has 0 aliphatic rings. The molecule has 102 valence electrons. The van der Waals surface area contributed by atoms with Gasteiger partial charge in [0, 0.05) is 30.2 Å². The first-order valence-corrected chi connectivity index (χ1v) is 7.76. The van der Waals surface area contributed by atoms with Crippen molar-refractivity contribution in [3.05, 3.63) is 59.0 Å². The summed E-state index contributed by atoms with van der Waals surface area (Å²) in [5, 5.41) is 3.42. The van der Waals surface area contributed by atoms with Crippen LogP contribution in [0.1, 0.15) is 22.3 Å². The van der Waals surface area contributed by atoms with Crippen LogP contribution in [-0.4, -0.2) is 12.3 Å². The van der Waals surface area contributed by atoms with Crippen LogP contribution in [0.4, 0.5) is 0 Å². The molecule has 1 N–H and O–H groups in total. The Morgan fingerprint density at radius 1 is 1.11 bits per heavy atom. The number of nitrogens with one attached hydrogen (secondary N) is 1. The molecule has 0 aliphatic heterocycles. The van der Waals surface area contributed by atoms with Crippen LogP contribution in [0.5, 0.6) is 0 Å². The average molecular weight is 275 g/mol. The van der Waals surface area contributed by atoms with E-state index in [1.807, 2.05) is 17.8 Å². The van der Waals surface area contributed by atoms with Crippen LogP contribution < -0.4 is 5.32 Å². The van der Waals surface area contributed by atoms with Crippen LogP contribution in [0.15, 0.2) is 41.2 Å². The summed E-state index contributed by atoms with van der Waals surface area (Å²) in [4.78, 5) is 0. The predicted octanol–water partition coefficient (Wildman–Crippen LogP) is 3.92. The smallest absolute Gasteiger partial charge is 0.0947 e. The highest BCUT2D eigenvalue weighted by Crippen LogP contribution is 2.15. The van der Waals surface area contributed by atoms with Crippen LogP contribution in [0.3, 0.4) is 0 Å². The molecule has 2 aromatic rings. The van der Waals surface area contributed by atoms with Crippen LogP contribution >= 0.6 is 11.8 Å². The van der Waals surface area contributed by atoms with Gasteiger partial charge in [0.1, 0.15) is 0 Å². The monoisotopic (exact) mass is 275 g/mol. The van der Waals surface area contributed by atoms with Gasteiger partial charge in [0.2, 0.25) is 0 Å². The van der Waals surface area contributed by atoms with E-state index >= 15 is 0 Å². The topological polar surface area (TPSA) is 25.2 Å². The Kier molecular flexibility index (Phi) is 5.55. The lowest BCUT2D eigenvalue weighted by atomic mass is 10.1. The third-order valence-corrected chi connectivity index (χ3v) is 3.91. The summed E-state index contributed by atoms with van der Waals surface area (Å²) in [5.41, 5.74) is 5.35. The van der Waals surface area contributed by atoms with E-state index in [9.17, 15) is 0 Å². The summed E-state index contributed by atoms with van der Waals surface area (Å²) in [6.07, 6.45) is 3.50. The highest BCUT2D eigenvalue weighted by molar-refractivity contribution is 7.98. The van der Waals surface area contributed by atoms with E-state index in [0.717, 1.165) is 24.6 Å². The van der Waals surface area contributed by atoms with Crippen LogP contribution in [0.2, 0.25) is 0 Å². The summed E-state index contributed by atoms with van der Waals surface area (Å²) < 4.78 is 5.03. The quantitative estimate of drug-likeness (QED) is 0.775. The van der Waals surface area contributed by atoms with Gasteiger partial charge in [-0.3, -0.25) is 0 Å². The van der Waals surface area contributed by atoms with E-state index in [4.69, 9.17) is 4.42 Å². The fraction of sp³-hybridized carbons (Fsp3) is 0.375. The molecule has 0 saturated heterocycles. The zero-order chi connectivity index (χ0) is 13.5. The van der Waals surface area contributed by atoms with Gasteiger partial charge in [0.15, 0.2) is 0 Å². The van der Waals surface area contributed by atoms with E-state index in [1.54, 1.807) is 12.5 Å². The molecule has 0 saturated carbocycles. The van der Waals surface area contributed by atoms with E-state index in [-0.39, 0.29) is 0 Å². The minimum absolute atomic E-state index is 0.889. The first-order valence-electron chi connectivity index (χ1n) is 6.61. The Hall–Kier alpha value is -1.19. The van der Waals surface area contributed by atoms with Crippen molar-refractivity contribution >= 4 is 11.8 Å². The Balaban J connectivity index is 1.61. The van der Waals surface area contributed by atoms with Crippen molar-refractivity contribution in [1.29, 1.82) is 0 Å². The van der Waals surface area contributed by atoms with Crippen LogP contribution in [0, 0.1) is 13.8 Å². The van der Waals surface area contributed by atoms with Gasteiger partial charge in [-0.1, -0.05) is 29.3 Å². The molecule has 0 bridgehead atoms. The Morgan fingerprint density at radius 2 is 1.89 bits per heavy atom. The molecular formula is C16H21NOS. The normalized spacial score (nSPS) is 10.8. The number of thioether (sulfide) groups is 1. The van der Waals surface area contributed by atoms with Gasteiger partial charge in [-0.05, 0) is 25.5 Å². The third-order valence-electron chi connectivity index (χ3n) is 2.88. The summed E-state index contributed by atoms with van der Waals surface area (Å²) in [6, 6.07) is 8.77. The molecule has 2 rings (SSSR count). The van der Waals surface area contributed by atoms with Gasteiger partial charge in [-0.25, -0.2) is 0 Å². The van der Waals surface area contributed by atoms with E-state index < -0.39 is 0 Å². The predicted molar refractivity (Wildman–Crippen MR) is 82.5 cm³/mol. The van der Waals surface area contributed by atoms with Crippen molar-refractivity contribution in [3.8, 4) is 0 Å². The number of aryl methyl sites for hydroxylation is 2. The average Bonchev–Trinajstić information content (AvgIpc) is 2.85. The minimum Gasteiger partial charge on any atom is -0.472 e. The summed E-state index contributed by atoms with van der Waals surface area (Å²) >= 11 is 1.98. The first-order chi connectivity index (χ1) is 9.24. The standard InChI is InChI=1S/C16H21NOS/c1-13-7-14(2)9-16(8-13)12-19-6-4-17-10-15-3-5-18-11-15/h3,5,7-9,11,17H,4,6,10,12H2,1-2H3. The number of rotatable bonds is 7. The van der Waals surface area contributed by atoms with Crippen molar-refractivity contribution in [2.75, 3.05) is 12.3 Å². The summed E-state index contributed by atoms with van der Waals surface area (Å²) in [7, 11) is 0. The van der Waals surface area contributed by atoms with Crippen molar-refractivity contribution < 1.29 is 4.42 Å². The molecule has 0 radical (unpaired) electrons. The highest BCUT2D eigenvalue weighted by atomic mass is 32.2. The molecule has 0 aliphatic carbocycles. The number of hydrogen-bond donors (Lipinski definition) is 1. The Morgan fingerprint density at radius 3 is 2.58 bits per heavy atom. The van der Waals surface area contributed by atoms with Crippen molar-refractivity contribution in [2.45, 2.75) is 26.1 Å². The van der Waals surface area contributed by atoms with Gasteiger partial charge in [0.05, 0.1) is 12.5 Å². The summed E-state index contributed by atoms with van der Waals surface area (Å²) in [5.74, 6) is 2.22. The molecule has 0 spiro atoms. The Labute approximate surface area is 119 Å². The lowest BCUT2D eigenvalue weighted by molar-refractivity contribution is 0.561. The second kappa shape index (κ2) is 7.41. The first kappa shape index (κ1) is 14.2. The fourth-order valence-electron chi connectivity index (χ4n) is 2.11. The van der Waals surface area contributed by atoms with Crippen molar-refractivity contribution in [2.24, 2.45) is 0 Å². The third kappa shape index (κ3) is 5.13. The second-order valence-electron chi connectivity index (χ2n) is 4.86. The second-order valence-corrected chi connectivity index (χ2v) is 5.96. The lowest BCUT2D eigenvalue weighted by Crippen LogP contribution is -2.16. The summed E-state index contributed by atoms with van der Waals surface area (Å²) in [6.45, 7) is 6.24. The largest absolute Gasteiger partial charge is 0.472 e. The maximum absolute atomic E-state index is 5.03. The molecule has 2 nitrogen and oxygen atoms in total. The molecule has 1 heterocycles. The van der Waals surface area contributed by atoms with Gasteiger partial charge >= 0.3 is 0 Å². The van der Waals surface area contributed by atoms with Crippen molar-refractivity contribution in [1.82, 2.24) is 5.32 Å². The van der Waals surface area contributed by atoms with Crippen LogP contribution in [-0.2, 0) is 12.3 Å². The molecule has 1 aromatic heterocycles. The highest BCUT2D eigenvalue weighted by Gasteiger charge is 1.97. The minimum atomic E-state index is 0.889. The van der Waals surface area contributed by atoms with E-state index in [0.29, 0.717) is 0 Å². The van der Waals surface area contributed by atoms with E-state index in [2.05, 4.69) is 37.4 Å². The number of furan rings is 1. The van der Waals surface area contributed by atoms with Gasteiger partial charge < -0.3 is 9.73 Å². The molecule has 0 amide bonds. The van der Waals surface area contributed by atoms with Crippen LogP contribution in [0.25, 0.3) is 0 Å². The van der Waals surface area contributed by atoms with Crippen molar-refractivity contribution in [3.63, 3.8) is 0 Å². The lowest BCUT2D eigenvalue weighted by Gasteiger charge is -2.06. The molecule has 1 aromatic carbocycles. The molecule has 0 fully saturated rings. The Bertz CT molecular complexity index is 473. The molecule has 0 unspecified atom stereocenters. The van der Waals surface area contributed by atoms with E-state index in [1.165, 1.54) is 22.3 Å². The van der Waals surface area contributed by atoms with Gasteiger partial charge in [-0.15, -0.1) is 0 Å².